The Hall–Kier alpha value is -3.84. The predicted octanol–water partition coefficient (Wildman–Crippen LogP) is 5.27. The molecule has 0 saturated carbocycles. The first-order valence-electron chi connectivity index (χ1n) is 9.44. The van der Waals surface area contributed by atoms with Gasteiger partial charge in [-0.05, 0) is 54.8 Å². The van der Waals surface area contributed by atoms with E-state index in [4.69, 9.17) is 10.5 Å². The first-order valence-corrected chi connectivity index (χ1v) is 9.44. The number of nitriles is 1. The lowest BCUT2D eigenvalue weighted by molar-refractivity contribution is 0.393. The summed E-state index contributed by atoms with van der Waals surface area (Å²) in [6.45, 7) is 4.12. The quantitative estimate of drug-likeness (QED) is 0.630. The summed E-state index contributed by atoms with van der Waals surface area (Å²) in [5.74, 6) is 0.559. The number of aryl methyl sites for hydroxylation is 2. The molecular formula is C25H21N3O. The Morgan fingerprint density at radius 2 is 1.83 bits per heavy atom. The number of allylic oxidation sites excluding steroid dienone is 1. The highest BCUT2D eigenvalue weighted by atomic mass is 16.5. The van der Waals surface area contributed by atoms with Crippen LogP contribution in [-0.4, -0.2) is 6.21 Å². The SMILES string of the molecule is Cc1ccc(N=Cc2ccc3c(c2)[C@H](c2ccccc2)C(C#N)=C(N)O3)c(C)c1. The van der Waals surface area contributed by atoms with Crippen LogP contribution in [0.3, 0.4) is 0 Å². The van der Waals surface area contributed by atoms with Crippen molar-refractivity contribution in [3.63, 3.8) is 0 Å². The third-order valence-electron chi connectivity index (χ3n) is 5.08. The van der Waals surface area contributed by atoms with Crippen molar-refractivity contribution in [3.8, 4) is 11.8 Å². The van der Waals surface area contributed by atoms with E-state index < -0.39 is 0 Å². The lowest BCUT2D eigenvalue weighted by Crippen LogP contribution is -2.21. The number of rotatable bonds is 3. The standard InChI is InChI=1S/C25H21N3O/c1-16-8-10-22(17(2)12-16)28-15-18-9-11-23-20(13-18)24(19-6-4-3-5-7-19)21(14-26)25(27)29-23/h3-13,15,24H,27H2,1-2H3/t24-/m0/s1. The molecule has 0 aromatic heterocycles. The minimum Gasteiger partial charge on any atom is -0.440 e. The van der Waals surface area contributed by atoms with E-state index in [0.717, 1.165) is 27.9 Å². The molecule has 0 saturated heterocycles. The zero-order chi connectivity index (χ0) is 20.4. The van der Waals surface area contributed by atoms with Gasteiger partial charge in [0.05, 0.1) is 11.6 Å². The van der Waals surface area contributed by atoms with Crippen molar-refractivity contribution >= 4 is 11.9 Å². The van der Waals surface area contributed by atoms with Crippen LogP contribution in [-0.2, 0) is 0 Å². The average molecular weight is 379 g/mol. The lowest BCUT2D eigenvalue weighted by Gasteiger charge is -2.26. The largest absolute Gasteiger partial charge is 0.440 e. The van der Waals surface area contributed by atoms with E-state index in [2.05, 4.69) is 37.0 Å². The van der Waals surface area contributed by atoms with Crippen LogP contribution in [0.2, 0.25) is 0 Å². The zero-order valence-corrected chi connectivity index (χ0v) is 16.4. The van der Waals surface area contributed by atoms with Gasteiger partial charge in [-0.3, -0.25) is 4.99 Å². The highest BCUT2D eigenvalue weighted by Crippen LogP contribution is 2.42. The number of hydrogen-bond acceptors (Lipinski definition) is 4. The molecule has 142 valence electrons. The van der Waals surface area contributed by atoms with Crippen molar-refractivity contribution in [3.05, 3.63) is 106 Å². The van der Waals surface area contributed by atoms with E-state index in [1.165, 1.54) is 5.56 Å². The van der Waals surface area contributed by atoms with Gasteiger partial charge >= 0.3 is 0 Å². The second-order valence-electron chi connectivity index (χ2n) is 7.18. The van der Waals surface area contributed by atoms with Crippen molar-refractivity contribution < 1.29 is 4.74 Å². The van der Waals surface area contributed by atoms with Crippen LogP contribution in [0, 0.1) is 25.2 Å². The Morgan fingerprint density at radius 3 is 2.55 bits per heavy atom. The number of ether oxygens (including phenoxy) is 1. The van der Waals surface area contributed by atoms with Crippen LogP contribution in [0.4, 0.5) is 5.69 Å². The fraction of sp³-hybridized carbons (Fsp3) is 0.120. The Kier molecular flexibility index (Phi) is 4.88. The molecule has 0 amide bonds. The van der Waals surface area contributed by atoms with Crippen LogP contribution < -0.4 is 10.5 Å². The second kappa shape index (κ2) is 7.65. The summed E-state index contributed by atoms with van der Waals surface area (Å²) in [4.78, 5) is 4.65. The minimum atomic E-state index is -0.264. The summed E-state index contributed by atoms with van der Waals surface area (Å²) < 4.78 is 5.73. The van der Waals surface area contributed by atoms with E-state index in [1.54, 1.807) is 0 Å². The smallest absolute Gasteiger partial charge is 0.205 e. The molecule has 1 aliphatic rings. The molecule has 3 aromatic carbocycles. The zero-order valence-electron chi connectivity index (χ0n) is 16.4. The van der Waals surface area contributed by atoms with E-state index in [-0.39, 0.29) is 11.8 Å². The Balaban J connectivity index is 1.76. The van der Waals surface area contributed by atoms with Crippen LogP contribution in [0.5, 0.6) is 5.75 Å². The lowest BCUT2D eigenvalue weighted by atomic mass is 9.83. The van der Waals surface area contributed by atoms with Gasteiger partial charge in [0.2, 0.25) is 5.88 Å². The van der Waals surface area contributed by atoms with Gasteiger partial charge in [0.1, 0.15) is 17.4 Å². The Bertz CT molecular complexity index is 1170. The van der Waals surface area contributed by atoms with E-state index in [1.807, 2.05) is 60.8 Å². The molecule has 0 bridgehead atoms. The summed E-state index contributed by atoms with van der Waals surface area (Å²) in [6, 6.07) is 24.1. The molecule has 0 aliphatic carbocycles. The van der Waals surface area contributed by atoms with E-state index in [9.17, 15) is 5.26 Å². The molecular weight excluding hydrogens is 358 g/mol. The van der Waals surface area contributed by atoms with Gasteiger partial charge in [0.15, 0.2) is 0 Å². The topological polar surface area (TPSA) is 71.4 Å². The number of benzene rings is 3. The number of aliphatic imine (C=N–C) groups is 1. The maximum Gasteiger partial charge on any atom is 0.205 e. The fourth-order valence-corrected chi connectivity index (χ4v) is 3.64. The molecule has 1 atom stereocenters. The number of hydrogen-bond donors (Lipinski definition) is 1. The summed E-state index contributed by atoms with van der Waals surface area (Å²) in [6.07, 6.45) is 1.84. The maximum absolute atomic E-state index is 9.70. The monoisotopic (exact) mass is 379 g/mol. The predicted molar refractivity (Wildman–Crippen MR) is 115 cm³/mol. The van der Waals surface area contributed by atoms with Gasteiger partial charge in [-0.1, -0.05) is 48.0 Å². The van der Waals surface area contributed by atoms with Gasteiger partial charge in [-0.2, -0.15) is 5.26 Å². The van der Waals surface area contributed by atoms with E-state index >= 15 is 0 Å². The van der Waals surface area contributed by atoms with Crippen LogP contribution in [0.1, 0.15) is 33.7 Å². The number of nitrogens with zero attached hydrogens (tertiary/aromatic N) is 2. The van der Waals surface area contributed by atoms with Gasteiger partial charge in [-0.15, -0.1) is 0 Å². The molecule has 1 aliphatic heterocycles. The molecule has 4 heteroatoms. The van der Waals surface area contributed by atoms with Crippen molar-refractivity contribution in [1.29, 1.82) is 5.26 Å². The average Bonchev–Trinajstić information content (AvgIpc) is 2.73. The molecule has 29 heavy (non-hydrogen) atoms. The summed E-state index contributed by atoms with van der Waals surface area (Å²) in [5.41, 5.74) is 12.6. The Labute approximate surface area is 170 Å². The summed E-state index contributed by atoms with van der Waals surface area (Å²) in [5, 5.41) is 9.70. The first-order chi connectivity index (χ1) is 14.1. The van der Waals surface area contributed by atoms with Gasteiger partial charge in [0.25, 0.3) is 0 Å². The van der Waals surface area contributed by atoms with Crippen molar-refractivity contribution in [2.75, 3.05) is 0 Å². The molecule has 3 aromatic rings. The molecule has 0 spiro atoms. The molecule has 4 nitrogen and oxygen atoms in total. The molecule has 2 N–H and O–H groups in total. The van der Waals surface area contributed by atoms with Crippen LogP contribution in [0.25, 0.3) is 0 Å². The van der Waals surface area contributed by atoms with Gasteiger partial charge in [0, 0.05) is 11.8 Å². The maximum atomic E-state index is 9.70. The Morgan fingerprint density at radius 1 is 1.03 bits per heavy atom. The van der Waals surface area contributed by atoms with E-state index in [0.29, 0.717) is 11.3 Å². The molecule has 0 unspecified atom stereocenters. The summed E-state index contributed by atoms with van der Waals surface area (Å²) in [7, 11) is 0. The third kappa shape index (κ3) is 3.63. The highest BCUT2D eigenvalue weighted by molar-refractivity contribution is 5.83. The summed E-state index contributed by atoms with van der Waals surface area (Å²) >= 11 is 0. The van der Waals surface area contributed by atoms with Crippen LogP contribution >= 0.6 is 0 Å². The second-order valence-corrected chi connectivity index (χ2v) is 7.18. The van der Waals surface area contributed by atoms with Crippen molar-refractivity contribution in [2.45, 2.75) is 19.8 Å². The highest BCUT2D eigenvalue weighted by Gasteiger charge is 2.30. The number of fused-ring (bicyclic) bond motifs is 1. The third-order valence-corrected chi connectivity index (χ3v) is 5.08. The minimum absolute atomic E-state index is 0.158. The van der Waals surface area contributed by atoms with Crippen molar-refractivity contribution in [2.24, 2.45) is 10.7 Å². The molecule has 4 rings (SSSR count). The molecule has 0 radical (unpaired) electrons. The molecule has 1 heterocycles. The first kappa shape index (κ1) is 18.5. The van der Waals surface area contributed by atoms with Gasteiger partial charge in [-0.25, -0.2) is 0 Å². The van der Waals surface area contributed by atoms with Crippen LogP contribution in [0.15, 0.2) is 83.2 Å². The number of nitrogens with two attached hydrogens (primary N) is 1. The van der Waals surface area contributed by atoms with Gasteiger partial charge < -0.3 is 10.5 Å². The molecule has 0 fully saturated rings. The normalized spacial score (nSPS) is 15.7. The van der Waals surface area contributed by atoms with Crippen molar-refractivity contribution in [1.82, 2.24) is 0 Å². The fourth-order valence-electron chi connectivity index (χ4n) is 3.64.